The highest BCUT2D eigenvalue weighted by Crippen LogP contribution is 2.15. The molecule has 0 aliphatic heterocycles. The number of hydrogen-bond donors (Lipinski definition) is 4. The molecule has 0 bridgehead atoms. The van der Waals surface area contributed by atoms with Gasteiger partial charge in [-0.2, -0.15) is 10.2 Å². The molecule has 0 atom stereocenters. The van der Waals surface area contributed by atoms with E-state index in [0.29, 0.717) is 11.6 Å². The molecule has 0 aliphatic carbocycles. The van der Waals surface area contributed by atoms with Gasteiger partial charge in [0.1, 0.15) is 5.82 Å². The van der Waals surface area contributed by atoms with Crippen LogP contribution < -0.4 is 11.5 Å². The second-order valence-corrected chi connectivity index (χ2v) is 3.63. The summed E-state index contributed by atoms with van der Waals surface area (Å²) in [6, 6.07) is 9.54. The van der Waals surface area contributed by atoms with Crippen molar-refractivity contribution in [2.45, 2.75) is 6.92 Å². The lowest BCUT2D eigenvalue weighted by Gasteiger charge is -1.84. The fourth-order valence-corrected chi connectivity index (χ4v) is 1.42. The van der Waals surface area contributed by atoms with Gasteiger partial charge in [-0.05, 0) is 19.1 Å². The lowest BCUT2D eigenvalue weighted by atomic mass is 10.2. The van der Waals surface area contributed by atoms with Crippen molar-refractivity contribution in [1.82, 2.24) is 20.4 Å². The normalized spacial score (nSPS) is 9.94. The number of aromatic nitrogens is 4. The summed E-state index contributed by atoms with van der Waals surface area (Å²) < 4.78 is 0. The average molecular weight is 230 g/mol. The lowest BCUT2D eigenvalue weighted by molar-refractivity contribution is 1.05. The fourth-order valence-electron chi connectivity index (χ4n) is 1.42. The number of nitrogens with two attached hydrogens (primary N) is 2. The number of nitrogens with zero attached hydrogens (tertiary/aromatic N) is 2. The Morgan fingerprint density at radius 2 is 1.82 bits per heavy atom. The van der Waals surface area contributed by atoms with Gasteiger partial charge in [-0.3, -0.25) is 10.2 Å². The summed E-state index contributed by atoms with van der Waals surface area (Å²) in [5.74, 6) is 1.12. The van der Waals surface area contributed by atoms with E-state index in [9.17, 15) is 0 Å². The third kappa shape index (κ3) is 2.54. The number of H-pyrrole nitrogens is 2. The Kier molecular flexibility index (Phi) is 2.95. The van der Waals surface area contributed by atoms with Crippen LogP contribution in [0.2, 0.25) is 0 Å². The van der Waals surface area contributed by atoms with Crippen molar-refractivity contribution in [2.24, 2.45) is 0 Å². The van der Waals surface area contributed by atoms with Crippen molar-refractivity contribution < 1.29 is 0 Å². The highest BCUT2D eigenvalue weighted by Gasteiger charge is 1.97. The summed E-state index contributed by atoms with van der Waals surface area (Å²) in [5.41, 5.74) is 12.8. The van der Waals surface area contributed by atoms with Gasteiger partial charge in [-0.1, -0.05) is 12.1 Å². The van der Waals surface area contributed by atoms with E-state index in [0.717, 1.165) is 16.6 Å². The Hall–Kier alpha value is -2.50. The molecule has 0 unspecified atom stereocenters. The van der Waals surface area contributed by atoms with Crippen LogP contribution >= 0.6 is 0 Å². The molecule has 2 aromatic heterocycles. The zero-order valence-corrected chi connectivity index (χ0v) is 9.44. The average Bonchev–Trinajstić information content (AvgIpc) is 2.88. The van der Waals surface area contributed by atoms with Crippen LogP contribution in [0.25, 0.3) is 10.9 Å². The Morgan fingerprint density at radius 1 is 1.06 bits per heavy atom. The number of benzene rings is 1. The maximum atomic E-state index is 5.53. The van der Waals surface area contributed by atoms with Crippen molar-refractivity contribution in [1.29, 1.82) is 0 Å². The molecule has 3 aromatic rings. The van der Waals surface area contributed by atoms with E-state index < -0.39 is 0 Å². The summed E-state index contributed by atoms with van der Waals surface area (Å²) in [6.45, 7) is 1.91. The van der Waals surface area contributed by atoms with Gasteiger partial charge in [0, 0.05) is 17.1 Å². The zero-order valence-electron chi connectivity index (χ0n) is 9.44. The van der Waals surface area contributed by atoms with Crippen molar-refractivity contribution in [2.75, 3.05) is 11.5 Å². The molecule has 0 fully saturated rings. The van der Waals surface area contributed by atoms with Gasteiger partial charge in [0.25, 0.3) is 0 Å². The van der Waals surface area contributed by atoms with Gasteiger partial charge in [-0.15, -0.1) is 0 Å². The maximum Gasteiger partial charge on any atom is 0.153 e. The van der Waals surface area contributed by atoms with Crippen molar-refractivity contribution >= 4 is 22.5 Å². The van der Waals surface area contributed by atoms with E-state index in [1.54, 1.807) is 6.07 Å². The standard InChI is InChI=1S/C7H7N3.C4H7N3/c8-7-5-3-1-2-4-6(5)9-10-7;1-3-2-4(5)7-6-3/h1-4H,(H3,8,9,10);2H,1H3,(H3,5,6,7). The minimum Gasteiger partial charge on any atom is -0.382 e. The van der Waals surface area contributed by atoms with E-state index >= 15 is 0 Å². The first-order valence-corrected chi connectivity index (χ1v) is 5.13. The molecular formula is C11H14N6. The summed E-state index contributed by atoms with van der Waals surface area (Å²) in [7, 11) is 0. The van der Waals surface area contributed by atoms with Crippen LogP contribution in [0.3, 0.4) is 0 Å². The Bertz CT molecular complexity index is 592. The molecule has 0 aliphatic rings. The quantitative estimate of drug-likeness (QED) is 0.468. The number of fused-ring (bicyclic) bond motifs is 1. The lowest BCUT2D eigenvalue weighted by Crippen LogP contribution is -1.82. The van der Waals surface area contributed by atoms with Crippen LogP contribution in [0.1, 0.15) is 5.69 Å². The summed E-state index contributed by atoms with van der Waals surface area (Å²) in [5, 5.41) is 14.0. The van der Waals surface area contributed by atoms with Crippen molar-refractivity contribution in [3.63, 3.8) is 0 Å². The molecule has 1 aromatic carbocycles. The summed E-state index contributed by atoms with van der Waals surface area (Å²) in [4.78, 5) is 0. The largest absolute Gasteiger partial charge is 0.382 e. The minimum absolute atomic E-state index is 0.553. The van der Waals surface area contributed by atoms with Crippen molar-refractivity contribution in [3.05, 3.63) is 36.0 Å². The van der Waals surface area contributed by atoms with E-state index in [1.165, 1.54) is 0 Å². The molecule has 0 saturated heterocycles. The Morgan fingerprint density at radius 3 is 2.35 bits per heavy atom. The highest BCUT2D eigenvalue weighted by molar-refractivity contribution is 5.88. The number of aryl methyl sites for hydroxylation is 1. The Balaban J connectivity index is 0.000000136. The Labute approximate surface area is 98.0 Å². The molecule has 6 heteroatoms. The van der Waals surface area contributed by atoms with E-state index in [-0.39, 0.29) is 0 Å². The number of nitrogens with one attached hydrogen (secondary N) is 2. The number of rotatable bonds is 0. The van der Waals surface area contributed by atoms with E-state index in [2.05, 4.69) is 20.4 Å². The number of para-hydroxylation sites is 1. The third-order valence-corrected chi connectivity index (χ3v) is 2.23. The van der Waals surface area contributed by atoms with Crippen LogP contribution in [0.15, 0.2) is 30.3 Å². The van der Waals surface area contributed by atoms with Crippen LogP contribution in [-0.4, -0.2) is 20.4 Å². The number of nitrogen functional groups attached to an aromatic ring is 2. The van der Waals surface area contributed by atoms with Gasteiger partial charge >= 0.3 is 0 Å². The molecule has 17 heavy (non-hydrogen) atoms. The smallest absolute Gasteiger partial charge is 0.153 e. The van der Waals surface area contributed by atoms with Crippen molar-refractivity contribution in [3.8, 4) is 0 Å². The van der Waals surface area contributed by atoms with Crippen LogP contribution in [-0.2, 0) is 0 Å². The molecule has 0 radical (unpaired) electrons. The van der Waals surface area contributed by atoms with E-state index in [4.69, 9.17) is 11.5 Å². The van der Waals surface area contributed by atoms with E-state index in [1.807, 2.05) is 31.2 Å². The topological polar surface area (TPSA) is 109 Å². The highest BCUT2D eigenvalue weighted by atomic mass is 15.2. The van der Waals surface area contributed by atoms with Gasteiger partial charge in [-0.25, -0.2) is 0 Å². The summed E-state index contributed by atoms with van der Waals surface area (Å²) in [6.07, 6.45) is 0. The third-order valence-electron chi connectivity index (χ3n) is 2.23. The van der Waals surface area contributed by atoms with Crippen LogP contribution in [0, 0.1) is 6.92 Å². The minimum atomic E-state index is 0.553. The van der Waals surface area contributed by atoms with Gasteiger partial charge in [0.2, 0.25) is 0 Å². The fraction of sp³-hybridized carbons (Fsp3) is 0.0909. The van der Waals surface area contributed by atoms with Crippen LogP contribution in [0.5, 0.6) is 0 Å². The second kappa shape index (κ2) is 4.56. The molecular weight excluding hydrogens is 216 g/mol. The first-order chi connectivity index (χ1) is 8.16. The molecule has 2 heterocycles. The predicted molar refractivity (Wildman–Crippen MR) is 68.2 cm³/mol. The number of aromatic amines is 2. The first-order valence-electron chi connectivity index (χ1n) is 5.13. The monoisotopic (exact) mass is 230 g/mol. The van der Waals surface area contributed by atoms with Gasteiger partial charge in [0.05, 0.1) is 5.52 Å². The number of hydrogen-bond acceptors (Lipinski definition) is 4. The number of anilines is 2. The molecule has 0 amide bonds. The van der Waals surface area contributed by atoms with Crippen LogP contribution in [0.4, 0.5) is 11.6 Å². The predicted octanol–water partition coefficient (Wildman–Crippen LogP) is 1.45. The molecule has 3 rings (SSSR count). The zero-order chi connectivity index (χ0) is 12.3. The molecule has 88 valence electrons. The molecule has 6 N–H and O–H groups in total. The molecule has 0 spiro atoms. The maximum absolute atomic E-state index is 5.53. The molecule has 0 saturated carbocycles. The molecule has 6 nitrogen and oxygen atoms in total. The first kappa shape index (κ1) is 11.0. The SMILES string of the molecule is Cc1cc(N)n[nH]1.Nc1n[nH]c2ccccc12. The summed E-state index contributed by atoms with van der Waals surface area (Å²) >= 11 is 0. The van der Waals surface area contributed by atoms with Gasteiger partial charge in [0.15, 0.2) is 5.82 Å². The second-order valence-electron chi connectivity index (χ2n) is 3.63. The van der Waals surface area contributed by atoms with Gasteiger partial charge < -0.3 is 11.5 Å².